The molecular formula is C22H39NO3. The predicted octanol–water partition coefficient (Wildman–Crippen LogP) is 4.56. The minimum absolute atomic E-state index is 0.00245. The predicted molar refractivity (Wildman–Crippen MR) is 104 cm³/mol. The molecule has 4 fully saturated rings. The molecule has 150 valence electrons. The lowest BCUT2D eigenvalue weighted by Crippen LogP contribution is -2.71. The second-order valence-corrected chi connectivity index (χ2v) is 10.1. The van der Waals surface area contributed by atoms with Crippen molar-refractivity contribution in [3.8, 4) is 0 Å². The molecule has 4 rings (SSSR count). The zero-order chi connectivity index (χ0) is 18.8. The zero-order valence-corrected chi connectivity index (χ0v) is 17.4. The molecule has 26 heavy (non-hydrogen) atoms. The van der Waals surface area contributed by atoms with Gasteiger partial charge in [-0.3, -0.25) is 4.79 Å². The van der Waals surface area contributed by atoms with E-state index in [1.54, 1.807) is 0 Å². The van der Waals surface area contributed by atoms with Crippen LogP contribution >= 0.6 is 0 Å². The molecule has 0 radical (unpaired) electrons. The summed E-state index contributed by atoms with van der Waals surface area (Å²) in [5.74, 6) is 0.425. The smallest absolute Gasteiger partial charge is 0.229 e. The first kappa shape index (κ1) is 20.1. The van der Waals surface area contributed by atoms with Crippen LogP contribution in [0.25, 0.3) is 0 Å². The van der Waals surface area contributed by atoms with Crippen molar-refractivity contribution in [1.29, 1.82) is 0 Å². The molecule has 0 atom stereocenters. The number of hydrogen-bond acceptors (Lipinski definition) is 3. The summed E-state index contributed by atoms with van der Waals surface area (Å²) in [6.45, 7) is 11.7. The average molecular weight is 366 g/mol. The van der Waals surface area contributed by atoms with E-state index in [0.29, 0.717) is 17.4 Å². The van der Waals surface area contributed by atoms with Crippen LogP contribution in [0.1, 0.15) is 85.5 Å². The van der Waals surface area contributed by atoms with Crippen LogP contribution in [0.2, 0.25) is 0 Å². The standard InChI is InChI=1S/C22H39NO3/c1-5-25-18-13-23(14-18)19(24)22-15-21(16-22,17-22)11-9-7-6-8-10-12-26-20(2,3)4/h18H,5-17H2,1-4H3. The number of unbranched alkanes of at least 4 members (excludes halogenated alkanes) is 4. The monoisotopic (exact) mass is 365 g/mol. The fourth-order valence-corrected chi connectivity index (χ4v) is 5.28. The third-order valence-corrected chi connectivity index (χ3v) is 6.52. The highest BCUT2D eigenvalue weighted by Gasteiger charge is 2.71. The minimum atomic E-state index is -0.00245. The molecule has 0 aromatic heterocycles. The van der Waals surface area contributed by atoms with Crippen molar-refractivity contribution in [1.82, 2.24) is 4.90 Å². The highest BCUT2D eigenvalue weighted by atomic mass is 16.5. The van der Waals surface area contributed by atoms with Gasteiger partial charge in [0.25, 0.3) is 0 Å². The number of carbonyl (C=O) groups excluding carboxylic acids is 1. The quantitative estimate of drug-likeness (QED) is 0.504. The Hall–Kier alpha value is -0.610. The van der Waals surface area contributed by atoms with Gasteiger partial charge in [0.1, 0.15) is 0 Å². The molecular weight excluding hydrogens is 326 g/mol. The molecule has 0 unspecified atom stereocenters. The lowest BCUT2D eigenvalue weighted by molar-refractivity contribution is -0.226. The molecule has 1 aliphatic heterocycles. The molecule has 0 aromatic rings. The molecule has 0 N–H and O–H groups in total. The lowest BCUT2D eigenvalue weighted by atomic mass is 9.33. The van der Waals surface area contributed by atoms with E-state index in [2.05, 4.69) is 20.8 Å². The summed E-state index contributed by atoms with van der Waals surface area (Å²) in [6, 6.07) is 0. The van der Waals surface area contributed by atoms with Crippen molar-refractivity contribution in [3.05, 3.63) is 0 Å². The molecule has 2 bridgehead atoms. The molecule has 0 spiro atoms. The first-order valence-electron chi connectivity index (χ1n) is 10.8. The first-order chi connectivity index (χ1) is 12.3. The number of nitrogens with zero attached hydrogens (tertiary/aromatic N) is 1. The number of ether oxygens (including phenoxy) is 2. The van der Waals surface area contributed by atoms with Gasteiger partial charge >= 0.3 is 0 Å². The van der Waals surface area contributed by atoms with Crippen LogP contribution in [0.4, 0.5) is 0 Å². The second kappa shape index (κ2) is 7.79. The highest BCUT2D eigenvalue weighted by molar-refractivity contribution is 5.87. The van der Waals surface area contributed by atoms with Gasteiger partial charge in [0.05, 0.1) is 17.1 Å². The molecule has 4 heteroatoms. The number of rotatable bonds is 11. The van der Waals surface area contributed by atoms with Gasteiger partial charge in [-0.1, -0.05) is 25.7 Å². The van der Waals surface area contributed by atoms with E-state index in [1.165, 1.54) is 38.5 Å². The summed E-state index contributed by atoms with van der Waals surface area (Å²) in [4.78, 5) is 14.7. The molecule has 1 saturated heterocycles. The van der Waals surface area contributed by atoms with Crippen molar-refractivity contribution < 1.29 is 14.3 Å². The van der Waals surface area contributed by atoms with Crippen LogP contribution in [0.15, 0.2) is 0 Å². The number of hydrogen-bond donors (Lipinski definition) is 0. The van der Waals surface area contributed by atoms with E-state index in [9.17, 15) is 4.79 Å². The van der Waals surface area contributed by atoms with Gasteiger partial charge in [-0.25, -0.2) is 0 Å². The SMILES string of the molecule is CCOC1CN(C(=O)C23CC(CCCCCCCOC(C)(C)C)(C2)C3)C1. The van der Waals surface area contributed by atoms with Crippen molar-refractivity contribution in [2.45, 2.75) is 97.2 Å². The second-order valence-electron chi connectivity index (χ2n) is 10.1. The van der Waals surface area contributed by atoms with Crippen molar-refractivity contribution in [3.63, 3.8) is 0 Å². The Morgan fingerprint density at radius 2 is 1.65 bits per heavy atom. The van der Waals surface area contributed by atoms with Crippen LogP contribution in [0, 0.1) is 10.8 Å². The van der Waals surface area contributed by atoms with Crippen LogP contribution < -0.4 is 0 Å². The van der Waals surface area contributed by atoms with Crippen molar-refractivity contribution in [2.75, 3.05) is 26.3 Å². The van der Waals surface area contributed by atoms with Crippen molar-refractivity contribution in [2.24, 2.45) is 10.8 Å². The normalized spacial score (nSPS) is 30.5. The number of likely N-dealkylation sites (tertiary alicyclic amines) is 1. The van der Waals surface area contributed by atoms with Gasteiger partial charge in [-0.05, 0) is 65.2 Å². The first-order valence-corrected chi connectivity index (χ1v) is 10.8. The highest BCUT2D eigenvalue weighted by Crippen LogP contribution is 2.75. The van der Waals surface area contributed by atoms with Gasteiger partial charge in [0.2, 0.25) is 5.91 Å². The van der Waals surface area contributed by atoms with Crippen LogP contribution in [0.5, 0.6) is 0 Å². The molecule has 3 saturated carbocycles. The summed E-state index contributed by atoms with van der Waals surface area (Å²) in [5.41, 5.74) is 0.578. The van der Waals surface area contributed by atoms with Crippen LogP contribution in [0.3, 0.4) is 0 Å². The molecule has 0 aromatic carbocycles. The topological polar surface area (TPSA) is 38.8 Å². The summed E-state index contributed by atoms with van der Waals surface area (Å²) in [6.07, 6.45) is 11.6. The van der Waals surface area contributed by atoms with Gasteiger partial charge in [0.15, 0.2) is 0 Å². The lowest BCUT2D eigenvalue weighted by Gasteiger charge is -2.71. The van der Waals surface area contributed by atoms with E-state index >= 15 is 0 Å². The minimum Gasteiger partial charge on any atom is -0.376 e. The van der Waals surface area contributed by atoms with Crippen LogP contribution in [-0.4, -0.2) is 48.8 Å². The Morgan fingerprint density at radius 3 is 2.27 bits per heavy atom. The average Bonchev–Trinajstić information content (AvgIpc) is 2.44. The van der Waals surface area contributed by atoms with Gasteiger partial charge in [-0.15, -0.1) is 0 Å². The third kappa shape index (κ3) is 4.44. The molecule has 4 nitrogen and oxygen atoms in total. The summed E-state index contributed by atoms with van der Waals surface area (Å²) < 4.78 is 11.3. The Balaban J connectivity index is 1.20. The fourth-order valence-electron chi connectivity index (χ4n) is 5.28. The molecule has 3 aliphatic carbocycles. The Bertz CT molecular complexity index is 470. The summed E-state index contributed by atoms with van der Waals surface area (Å²) in [5, 5.41) is 0. The van der Waals surface area contributed by atoms with E-state index in [0.717, 1.165) is 45.6 Å². The molecule has 1 amide bonds. The van der Waals surface area contributed by atoms with Crippen molar-refractivity contribution >= 4 is 5.91 Å². The fraction of sp³-hybridized carbons (Fsp3) is 0.955. The van der Waals surface area contributed by atoms with E-state index in [1.807, 2.05) is 11.8 Å². The summed E-state index contributed by atoms with van der Waals surface area (Å²) in [7, 11) is 0. The largest absolute Gasteiger partial charge is 0.376 e. The molecule has 1 heterocycles. The maximum Gasteiger partial charge on any atom is 0.229 e. The zero-order valence-electron chi connectivity index (χ0n) is 17.4. The number of amides is 1. The van der Waals surface area contributed by atoms with Crippen LogP contribution in [-0.2, 0) is 14.3 Å². The Kier molecular flexibility index (Phi) is 6.03. The Labute approximate surface area is 160 Å². The van der Waals surface area contributed by atoms with Gasteiger partial charge in [0, 0.05) is 26.3 Å². The molecule has 4 aliphatic rings. The Morgan fingerprint density at radius 1 is 1.04 bits per heavy atom. The van der Waals surface area contributed by atoms with E-state index in [-0.39, 0.29) is 11.0 Å². The van der Waals surface area contributed by atoms with E-state index in [4.69, 9.17) is 9.47 Å². The van der Waals surface area contributed by atoms with Gasteiger partial charge < -0.3 is 14.4 Å². The summed E-state index contributed by atoms with van der Waals surface area (Å²) >= 11 is 0. The van der Waals surface area contributed by atoms with Gasteiger partial charge in [-0.2, -0.15) is 0 Å². The third-order valence-electron chi connectivity index (χ3n) is 6.52. The van der Waals surface area contributed by atoms with E-state index < -0.39 is 0 Å². The number of carbonyl (C=O) groups is 1. The maximum atomic E-state index is 12.7. The maximum absolute atomic E-state index is 12.7.